The Morgan fingerprint density at radius 2 is 1.81 bits per heavy atom. The normalized spacial score (nSPS) is 14.4. The lowest BCUT2D eigenvalue weighted by atomic mass is 10.0. The molecular weight excluding hydrogens is 218 g/mol. The zero-order chi connectivity index (χ0) is 12.6. The molecule has 2 nitrogen and oxygen atoms in total. The summed E-state index contributed by atoms with van der Waals surface area (Å²) in [6.07, 6.45) is 2.55. The van der Waals surface area contributed by atoms with Gasteiger partial charge in [0.2, 0.25) is 0 Å². The van der Waals surface area contributed by atoms with Gasteiger partial charge in [-0.2, -0.15) is 11.8 Å². The summed E-state index contributed by atoms with van der Waals surface area (Å²) in [5, 5.41) is 13.1. The van der Waals surface area contributed by atoms with Gasteiger partial charge in [0, 0.05) is 24.1 Å². The van der Waals surface area contributed by atoms with Crippen LogP contribution in [0.5, 0.6) is 0 Å². The summed E-state index contributed by atoms with van der Waals surface area (Å²) in [6.45, 7) is 11.6. The van der Waals surface area contributed by atoms with E-state index in [9.17, 15) is 5.11 Å². The maximum Gasteiger partial charge on any atom is 0.0681 e. The second kappa shape index (κ2) is 8.37. The van der Waals surface area contributed by atoms with Crippen molar-refractivity contribution in [2.75, 3.05) is 18.1 Å². The van der Waals surface area contributed by atoms with Crippen LogP contribution in [0.25, 0.3) is 0 Å². The fourth-order valence-electron chi connectivity index (χ4n) is 1.38. The Morgan fingerprint density at radius 1 is 1.19 bits per heavy atom. The molecule has 0 saturated heterocycles. The summed E-state index contributed by atoms with van der Waals surface area (Å²) in [5.74, 6) is 2.69. The van der Waals surface area contributed by atoms with Gasteiger partial charge in [0.05, 0.1) is 5.60 Å². The predicted molar refractivity (Wildman–Crippen MR) is 75.2 cm³/mol. The van der Waals surface area contributed by atoms with E-state index < -0.39 is 5.60 Å². The number of hydrogen-bond donors (Lipinski definition) is 2. The Balaban J connectivity index is 3.31. The van der Waals surface area contributed by atoms with Crippen molar-refractivity contribution >= 4 is 11.8 Å². The molecule has 0 aromatic rings. The molecule has 0 bridgehead atoms. The van der Waals surface area contributed by atoms with Crippen LogP contribution in [0.4, 0.5) is 0 Å². The molecule has 0 aromatic heterocycles. The van der Waals surface area contributed by atoms with Crippen LogP contribution in [0.1, 0.15) is 47.5 Å². The van der Waals surface area contributed by atoms with Crippen LogP contribution < -0.4 is 5.32 Å². The molecule has 0 aromatic carbocycles. The molecule has 0 heterocycles. The van der Waals surface area contributed by atoms with Gasteiger partial charge in [-0.15, -0.1) is 0 Å². The van der Waals surface area contributed by atoms with Crippen molar-refractivity contribution in [1.82, 2.24) is 5.32 Å². The predicted octanol–water partition coefficient (Wildman–Crippen LogP) is 2.90. The van der Waals surface area contributed by atoms with Crippen molar-refractivity contribution in [2.24, 2.45) is 5.92 Å². The Bertz CT molecular complexity index is 166. The molecule has 0 saturated carbocycles. The molecule has 1 atom stereocenters. The number of nitrogens with one attached hydrogen (secondary N) is 1. The van der Waals surface area contributed by atoms with Gasteiger partial charge in [-0.05, 0) is 39.5 Å². The van der Waals surface area contributed by atoms with E-state index in [1.54, 1.807) is 0 Å². The average Bonchev–Trinajstić information content (AvgIpc) is 2.12. The highest BCUT2D eigenvalue weighted by Crippen LogP contribution is 2.11. The first kappa shape index (κ1) is 16.3. The minimum atomic E-state index is -0.534. The SMILES string of the molecule is CC(C)CCC(C)NCCSCC(C)(C)O. The zero-order valence-corrected chi connectivity index (χ0v) is 12.4. The standard InChI is InChI=1S/C13H29NOS/c1-11(2)6-7-12(3)14-8-9-16-10-13(4,5)15/h11-12,14-15H,6-10H2,1-5H3. The molecule has 0 amide bonds. The monoisotopic (exact) mass is 247 g/mol. The van der Waals surface area contributed by atoms with Crippen LogP contribution in [0, 0.1) is 5.92 Å². The Hall–Kier alpha value is 0.270. The fraction of sp³-hybridized carbons (Fsp3) is 1.00. The van der Waals surface area contributed by atoms with Crippen molar-refractivity contribution in [1.29, 1.82) is 0 Å². The molecule has 1 unspecified atom stereocenters. The Morgan fingerprint density at radius 3 is 2.31 bits per heavy atom. The first-order chi connectivity index (χ1) is 7.31. The third-order valence-corrected chi connectivity index (χ3v) is 3.77. The molecule has 0 spiro atoms. The molecule has 3 heteroatoms. The first-order valence-corrected chi connectivity index (χ1v) is 7.50. The van der Waals surface area contributed by atoms with Gasteiger partial charge in [0.1, 0.15) is 0 Å². The number of thioether (sulfide) groups is 1. The van der Waals surface area contributed by atoms with E-state index in [1.165, 1.54) is 12.8 Å². The van der Waals surface area contributed by atoms with Crippen LogP contribution >= 0.6 is 11.8 Å². The summed E-state index contributed by atoms with van der Waals surface area (Å²) < 4.78 is 0. The molecule has 0 fully saturated rings. The molecule has 0 aliphatic heterocycles. The van der Waals surface area contributed by atoms with E-state index in [4.69, 9.17) is 0 Å². The zero-order valence-electron chi connectivity index (χ0n) is 11.5. The maximum atomic E-state index is 9.53. The van der Waals surface area contributed by atoms with Crippen LogP contribution in [-0.2, 0) is 0 Å². The molecule has 98 valence electrons. The molecule has 0 aliphatic carbocycles. The van der Waals surface area contributed by atoms with Crippen molar-refractivity contribution in [3.63, 3.8) is 0 Å². The maximum absolute atomic E-state index is 9.53. The van der Waals surface area contributed by atoms with Crippen LogP contribution in [0.3, 0.4) is 0 Å². The highest BCUT2D eigenvalue weighted by Gasteiger charge is 2.11. The lowest BCUT2D eigenvalue weighted by Crippen LogP contribution is -2.29. The second-order valence-electron chi connectivity index (χ2n) is 5.69. The largest absolute Gasteiger partial charge is 0.390 e. The van der Waals surface area contributed by atoms with Gasteiger partial charge in [0.15, 0.2) is 0 Å². The highest BCUT2D eigenvalue weighted by molar-refractivity contribution is 7.99. The third kappa shape index (κ3) is 12.3. The van der Waals surface area contributed by atoms with Crippen molar-refractivity contribution in [3.8, 4) is 0 Å². The molecular formula is C13H29NOS. The van der Waals surface area contributed by atoms with Gasteiger partial charge >= 0.3 is 0 Å². The van der Waals surface area contributed by atoms with E-state index in [0.29, 0.717) is 6.04 Å². The van der Waals surface area contributed by atoms with Crippen LogP contribution in [-0.4, -0.2) is 34.8 Å². The van der Waals surface area contributed by atoms with E-state index in [2.05, 4.69) is 26.1 Å². The van der Waals surface area contributed by atoms with Gasteiger partial charge < -0.3 is 10.4 Å². The molecule has 2 N–H and O–H groups in total. The topological polar surface area (TPSA) is 32.3 Å². The summed E-state index contributed by atoms with van der Waals surface area (Å²) in [6, 6.07) is 0.616. The third-order valence-electron chi connectivity index (χ3n) is 2.37. The van der Waals surface area contributed by atoms with Crippen molar-refractivity contribution in [2.45, 2.75) is 59.1 Å². The Labute approximate surface area is 106 Å². The van der Waals surface area contributed by atoms with E-state index in [-0.39, 0.29) is 0 Å². The number of rotatable bonds is 9. The summed E-state index contributed by atoms with van der Waals surface area (Å²) in [7, 11) is 0. The lowest BCUT2D eigenvalue weighted by Gasteiger charge is -2.17. The second-order valence-corrected chi connectivity index (χ2v) is 6.80. The van der Waals surface area contributed by atoms with Gasteiger partial charge in [-0.3, -0.25) is 0 Å². The first-order valence-electron chi connectivity index (χ1n) is 6.35. The summed E-state index contributed by atoms with van der Waals surface area (Å²) in [4.78, 5) is 0. The van der Waals surface area contributed by atoms with E-state index in [0.717, 1.165) is 24.0 Å². The lowest BCUT2D eigenvalue weighted by molar-refractivity contribution is 0.107. The molecule has 16 heavy (non-hydrogen) atoms. The summed E-state index contributed by atoms with van der Waals surface area (Å²) >= 11 is 1.81. The quantitative estimate of drug-likeness (QED) is 0.615. The minimum absolute atomic E-state index is 0.534. The smallest absolute Gasteiger partial charge is 0.0681 e. The van der Waals surface area contributed by atoms with Crippen molar-refractivity contribution in [3.05, 3.63) is 0 Å². The van der Waals surface area contributed by atoms with Gasteiger partial charge in [0.25, 0.3) is 0 Å². The fourth-order valence-corrected chi connectivity index (χ4v) is 2.29. The van der Waals surface area contributed by atoms with E-state index in [1.807, 2.05) is 25.6 Å². The Kier molecular flexibility index (Phi) is 8.52. The van der Waals surface area contributed by atoms with E-state index >= 15 is 0 Å². The van der Waals surface area contributed by atoms with Gasteiger partial charge in [-0.25, -0.2) is 0 Å². The molecule has 0 rings (SSSR count). The van der Waals surface area contributed by atoms with Crippen molar-refractivity contribution < 1.29 is 5.11 Å². The molecule has 0 radical (unpaired) electrons. The highest BCUT2D eigenvalue weighted by atomic mass is 32.2. The van der Waals surface area contributed by atoms with Crippen LogP contribution in [0.15, 0.2) is 0 Å². The summed E-state index contributed by atoms with van der Waals surface area (Å²) in [5.41, 5.74) is -0.534. The van der Waals surface area contributed by atoms with Crippen LogP contribution in [0.2, 0.25) is 0 Å². The number of hydrogen-bond acceptors (Lipinski definition) is 3. The average molecular weight is 247 g/mol. The molecule has 0 aliphatic rings. The number of aliphatic hydroxyl groups is 1. The minimum Gasteiger partial charge on any atom is -0.390 e. The van der Waals surface area contributed by atoms with Gasteiger partial charge in [-0.1, -0.05) is 13.8 Å².